The van der Waals surface area contributed by atoms with E-state index in [-0.39, 0.29) is 5.91 Å². The summed E-state index contributed by atoms with van der Waals surface area (Å²) in [6.45, 7) is 6.10. The molecule has 1 N–H and O–H groups in total. The summed E-state index contributed by atoms with van der Waals surface area (Å²) >= 11 is 4.98. The van der Waals surface area contributed by atoms with Gasteiger partial charge in [0.05, 0.1) is 11.0 Å². The van der Waals surface area contributed by atoms with E-state index in [1.54, 1.807) is 6.92 Å². The Balaban J connectivity index is 1.90. The van der Waals surface area contributed by atoms with E-state index >= 15 is 0 Å². The summed E-state index contributed by atoms with van der Waals surface area (Å²) in [7, 11) is 0. The Morgan fingerprint density at radius 2 is 2.24 bits per heavy atom. The molecule has 0 saturated heterocycles. The van der Waals surface area contributed by atoms with Crippen LogP contribution in [0.25, 0.3) is 0 Å². The first-order valence-electron chi connectivity index (χ1n) is 6.57. The molecule has 21 heavy (non-hydrogen) atoms. The highest BCUT2D eigenvalue weighted by atomic mass is 79.9. The molecule has 4 nitrogen and oxygen atoms in total. The summed E-state index contributed by atoms with van der Waals surface area (Å²) in [6.07, 6.45) is -0.565. The van der Waals surface area contributed by atoms with Crippen LogP contribution >= 0.6 is 27.3 Å². The van der Waals surface area contributed by atoms with Crippen LogP contribution in [0.1, 0.15) is 23.2 Å². The van der Waals surface area contributed by atoms with Gasteiger partial charge in [-0.3, -0.25) is 4.79 Å². The maximum atomic E-state index is 12.0. The second-order valence-electron chi connectivity index (χ2n) is 4.79. The van der Waals surface area contributed by atoms with Gasteiger partial charge in [0, 0.05) is 11.1 Å². The molecule has 1 atom stereocenters. The molecule has 6 heteroatoms. The highest BCUT2D eigenvalue weighted by Gasteiger charge is 2.16. The maximum absolute atomic E-state index is 12.0. The smallest absolute Gasteiger partial charge is 0.261 e. The number of carbonyl (C=O) groups is 1. The third-order valence-corrected chi connectivity index (χ3v) is 4.43. The number of halogens is 1. The van der Waals surface area contributed by atoms with E-state index in [1.807, 2.05) is 37.4 Å². The van der Waals surface area contributed by atoms with E-state index in [0.29, 0.717) is 12.3 Å². The molecule has 0 unspecified atom stereocenters. The van der Waals surface area contributed by atoms with Crippen molar-refractivity contribution in [1.82, 2.24) is 10.3 Å². The van der Waals surface area contributed by atoms with Crippen molar-refractivity contribution in [2.75, 3.05) is 0 Å². The van der Waals surface area contributed by atoms with E-state index in [1.165, 1.54) is 11.3 Å². The van der Waals surface area contributed by atoms with Crippen LogP contribution in [0.4, 0.5) is 0 Å². The fraction of sp³-hybridized carbons (Fsp3) is 0.333. The van der Waals surface area contributed by atoms with E-state index in [4.69, 9.17) is 4.74 Å². The summed E-state index contributed by atoms with van der Waals surface area (Å²) in [5, 5.41) is 5.69. The average molecular weight is 369 g/mol. The van der Waals surface area contributed by atoms with Gasteiger partial charge in [0.15, 0.2) is 6.10 Å². The first-order valence-corrected chi connectivity index (χ1v) is 8.24. The van der Waals surface area contributed by atoms with Gasteiger partial charge in [0.25, 0.3) is 5.91 Å². The summed E-state index contributed by atoms with van der Waals surface area (Å²) in [4.78, 5) is 16.3. The Morgan fingerprint density at radius 3 is 2.86 bits per heavy atom. The van der Waals surface area contributed by atoms with E-state index < -0.39 is 6.10 Å². The highest BCUT2D eigenvalue weighted by molar-refractivity contribution is 9.10. The minimum atomic E-state index is -0.565. The molecular formula is C15H17BrN2O2S. The number of hydrogen-bond donors (Lipinski definition) is 1. The normalized spacial score (nSPS) is 12.0. The number of benzene rings is 1. The molecule has 2 aromatic rings. The Bertz CT molecular complexity index is 642. The van der Waals surface area contributed by atoms with Crippen molar-refractivity contribution in [3.05, 3.63) is 44.3 Å². The quantitative estimate of drug-likeness (QED) is 0.876. The lowest BCUT2D eigenvalue weighted by Crippen LogP contribution is -2.35. The minimum Gasteiger partial charge on any atom is -0.480 e. The van der Waals surface area contributed by atoms with Gasteiger partial charge >= 0.3 is 0 Å². The minimum absolute atomic E-state index is 0.157. The van der Waals surface area contributed by atoms with Gasteiger partial charge in [-0.05, 0) is 54.4 Å². The molecule has 0 spiro atoms. The molecule has 1 aromatic heterocycles. The zero-order chi connectivity index (χ0) is 15.4. The van der Waals surface area contributed by atoms with Gasteiger partial charge in [0.1, 0.15) is 10.8 Å². The number of hydrogen-bond acceptors (Lipinski definition) is 4. The molecule has 0 saturated carbocycles. The van der Waals surface area contributed by atoms with Gasteiger partial charge in [0.2, 0.25) is 0 Å². The molecular weight excluding hydrogens is 352 g/mol. The van der Waals surface area contributed by atoms with Crippen molar-refractivity contribution in [3.8, 4) is 5.75 Å². The van der Waals surface area contributed by atoms with Crippen molar-refractivity contribution >= 4 is 33.2 Å². The van der Waals surface area contributed by atoms with Gasteiger partial charge in [-0.15, -0.1) is 11.3 Å². The summed E-state index contributed by atoms with van der Waals surface area (Å²) in [5.74, 6) is 0.503. The molecule has 2 rings (SSSR count). The molecule has 1 aromatic carbocycles. The second-order valence-corrected chi connectivity index (χ2v) is 6.59. The number of aromatic nitrogens is 1. The molecule has 0 aliphatic rings. The Morgan fingerprint density at radius 1 is 1.48 bits per heavy atom. The lowest BCUT2D eigenvalue weighted by Gasteiger charge is -2.15. The van der Waals surface area contributed by atoms with Crippen LogP contribution in [0.15, 0.2) is 28.1 Å². The number of thiazole rings is 1. The largest absolute Gasteiger partial charge is 0.480 e. The summed E-state index contributed by atoms with van der Waals surface area (Å²) in [5.41, 5.74) is 2.10. The molecule has 1 heterocycles. The van der Waals surface area contributed by atoms with Crippen LogP contribution in [0.5, 0.6) is 5.75 Å². The van der Waals surface area contributed by atoms with E-state index in [0.717, 1.165) is 20.7 Å². The van der Waals surface area contributed by atoms with Crippen LogP contribution in [0.3, 0.4) is 0 Å². The number of nitrogens with zero attached hydrogens (tertiary/aromatic N) is 1. The second kappa shape index (κ2) is 7.04. The van der Waals surface area contributed by atoms with Gasteiger partial charge < -0.3 is 10.1 Å². The molecule has 0 aliphatic heterocycles. The van der Waals surface area contributed by atoms with Crippen LogP contribution in [0.2, 0.25) is 0 Å². The van der Waals surface area contributed by atoms with E-state index in [2.05, 4.69) is 26.2 Å². The monoisotopic (exact) mass is 368 g/mol. The van der Waals surface area contributed by atoms with Gasteiger partial charge in [-0.2, -0.15) is 0 Å². The third kappa shape index (κ3) is 4.54. The highest BCUT2D eigenvalue weighted by Crippen LogP contribution is 2.26. The fourth-order valence-corrected chi connectivity index (χ4v) is 3.03. The fourth-order valence-electron chi connectivity index (χ4n) is 1.74. The predicted octanol–water partition coefficient (Wildman–Crippen LogP) is 3.61. The van der Waals surface area contributed by atoms with Crippen molar-refractivity contribution in [3.63, 3.8) is 0 Å². The SMILES string of the molecule is Cc1ccc(O[C@@H](C)C(=O)NCc2nc(C)cs2)c(Br)c1. The number of ether oxygens (including phenoxy) is 1. The Kier molecular flexibility index (Phi) is 5.36. The molecule has 0 fully saturated rings. The molecule has 0 bridgehead atoms. The van der Waals surface area contributed by atoms with Crippen molar-refractivity contribution in [2.45, 2.75) is 33.4 Å². The van der Waals surface area contributed by atoms with Crippen molar-refractivity contribution in [1.29, 1.82) is 0 Å². The van der Waals surface area contributed by atoms with Gasteiger partial charge in [-0.25, -0.2) is 4.98 Å². The van der Waals surface area contributed by atoms with E-state index in [9.17, 15) is 4.79 Å². The van der Waals surface area contributed by atoms with Crippen molar-refractivity contribution in [2.24, 2.45) is 0 Å². The number of rotatable bonds is 5. The number of nitrogens with one attached hydrogen (secondary N) is 1. The van der Waals surface area contributed by atoms with Crippen LogP contribution in [-0.2, 0) is 11.3 Å². The standard InChI is InChI=1S/C15H17BrN2O2S/c1-9-4-5-13(12(16)6-9)20-11(3)15(19)17-7-14-18-10(2)8-21-14/h4-6,8,11H,7H2,1-3H3,(H,17,19)/t11-/m0/s1. The predicted molar refractivity (Wildman–Crippen MR) is 87.7 cm³/mol. The molecule has 0 aliphatic carbocycles. The van der Waals surface area contributed by atoms with Crippen molar-refractivity contribution < 1.29 is 9.53 Å². The maximum Gasteiger partial charge on any atom is 0.261 e. The van der Waals surface area contributed by atoms with Crippen LogP contribution in [-0.4, -0.2) is 17.0 Å². The number of amides is 1. The summed E-state index contributed by atoms with van der Waals surface area (Å²) in [6, 6.07) is 5.76. The Labute approximate surface area is 136 Å². The third-order valence-electron chi connectivity index (χ3n) is 2.84. The first-order chi connectivity index (χ1) is 9.95. The Hall–Kier alpha value is -1.40. The molecule has 0 radical (unpaired) electrons. The zero-order valence-electron chi connectivity index (χ0n) is 12.1. The molecule has 112 valence electrons. The summed E-state index contributed by atoms with van der Waals surface area (Å²) < 4.78 is 6.52. The average Bonchev–Trinajstić information content (AvgIpc) is 2.85. The number of aryl methyl sites for hydroxylation is 2. The zero-order valence-corrected chi connectivity index (χ0v) is 14.5. The first kappa shape index (κ1) is 16.0. The molecule has 1 amide bonds. The lowest BCUT2D eigenvalue weighted by molar-refractivity contribution is -0.127. The number of carbonyl (C=O) groups excluding carboxylic acids is 1. The lowest BCUT2D eigenvalue weighted by atomic mass is 10.2. The topological polar surface area (TPSA) is 51.2 Å². The van der Waals surface area contributed by atoms with Gasteiger partial charge in [-0.1, -0.05) is 6.07 Å². The van der Waals surface area contributed by atoms with Crippen LogP contribution < -0.4 is 10.1 Å². The van der Waals surface area contributed by atoms with Crippen LogP contribution in [0, 0.1) is 13.8 Å².